The Morgan fingerprint density at radius 1 is 1.26 bits per heavy atom. The number of methoxy groups -OCH3 is 1. The van der Waals surface area contributed by atoms with Crippen LogP contribution in [-0.2, 0) is 9.59 Å². The third kappa shape index (κ3) is 3.26. The summed E-state index contributed by atoms with van der Waals surface area (Å²) in [5, 5.41) is 2.32. The van der Waals surface area contributed by atoms with Gasteiger partial charge in [-0.15, -0.1) is 0 Å². The monoisotopic (exact) mass is 433 g/mol. The molecular formula is C19H20BrN3O4. The highest BCUT2D eigenvalue weighted by Gasteiger charge is 2.50. The molecule has 0 aromatic heterocycles. The van der Waals surface area contributed by atoms with E-state index in [1.807, 2.05) is 6.07 Å². The molecule has 1 aliphatic heterocycles. The highest BCUT2D eigenvalue weighted by molar-refractivity contribution is 9.10. The van der Waals surface area contributed by atoms with Crippen molar-refractivity contribution in [3.8, 4) is 5.75 Å². The average molecular weight is 434 g/mol. The number of nitrogens with one attached hydrogen (secondary N) is 1. The minimum absolute atomic E-state index is 0.111. The lowest BCUT2D eigenvalue weighted by Gasteiger charge is -2.36. The van der Waals surface area contributed by atoms with E-state index in [9.17, 15) is 14.4 Å². The van der Waals surface area contributed by atoms with Crippen molar-refractivity contribution in [1.82, 2.24) is 10.2 Å². The van der Waals surface area contributed by atoms with Crippen LogP contribution in [0.3, 0.4) is 0 Å². The minimum Gasteiger partial charge on any atom is -0.494 e. The first-order chi connectivity index (χ1) is 13.0. The molecule has 2 bridgehead atoms. The molecule has 1 saturated heterocycles. The van der Waals surface area contributed by atoms with E-state index in [2.05, 4.69) is 26.2 Å². The molecule has 0 unspecified atom stereocenters. The SMILES string of the molecule is COc1ccc(Br)cc1N=C[C@@H]1C(=O)NC(=O)N([C@@H]2C[C@H]3CC[C@H]2C3)C1=O. The number of imide groups is 2. The quantitative estimate of drug-likeness (QED) is 0.583. The van der Waals surface area contributed by atoms with Gasteiger partial charge < -0.3 is 4.74 Å². The number of ether oxygens (including phenoxy) is 1. The van der Waals surface area contributed by atoms with E-state index in [4.69, 9.17) is 4.74 Å². The number of halogens is 1. The Balaban J connectivity index is 1.59. The Hall–Kier alpha value is -2.22. The Bertz CT molecular complexity index is 840. The molecule has 2 saturated carbocycles. The lowest BCUT2D eigenvalue weighted by molar-refractivity contribution is -0.141. The number of aliphatic imine (C=N–C) groups is 1. The largest absolute Gasteiger partial charge is 0.494 e. The second-order valence-corrected chi connectivity index (χ2v) is 8.23. The van der Waals surface area contributed by atoms with Crippen LogP contribution in [0.1, 0.15) is 25.7 Å². The molecule has 3 fully saturated rings. The number of hydrogen-bond acceptors (Lipinski definition) is 5. The molecular weight excluding hydrogens is 414 g/mol. The Morgan fingerprint density at radius 2 is 2.07 bits per heavy atom. The van der Waals surface area contributed by atoms with E-state index in [1.54, 1.807) is 12.1 Å². The Kier molecular flexibility index (Phi) is 4.75. The van der Waals surface area contributed by atoms with E-state index >= 15 is 0 Å². The maximum absolute atomic E-state index is 13.0. The van der Waals surface area contributed by atoms with Crippen molar-refractivity contribution in [3.05, 3.63) is 22.7 Å². The highest BCUT2D eigenvalue weighted by atomic mass is 79.9. The number of rotatable bonds is 4. The van der Waals surface area contributed by atoms with Crippen molar-refractivity contribution in [1.29, 1.82) is 0 Å². The lowest BCUT2D eigenvalue weighted by Crippen LogP contribution is -2.62. The molecule has 142 valence electrons. The maximum atomic E-state index is 13.0. The van der Waals surface area contributed by atoms with Gasteiger partial charge >= 0.3 is 6.03 Å². The minimum atomic E-state index is -1.12. The number of carbonyl (C=O) groups excluding carboxylic acids is 3. The highest BCUT2D eigenvalue weighted by Crippen LogP contribution is 2.47. The third-order valence-electron chi connectivity index (χ3n) is 5.77. The van der Waals surface area contributed by atoms with Crippen LogP contribution >= 0.6 is 15.9 Å². The molecule has 7 nitrogen and oxygen atoms in total. The van der Waals surface area contributed by atoms with Crippen molar-refractivity contribution in [2.24, 2.45) is 22.7 Å². The van der Waals surface area contributed by atoms with Crippen LogP contribution in [0, 0.1) is 17.8 Å². The molecule has 4 atom stereocenters. The van der Waals surface area contributed by atoms with Gasteiger partial charge in [-0.05, 0) is 49.3 Å². The Morgan fingerprint density at radius 3 is 2.74 bits per heavy atom. The lowest BCUT2D eigenvalue weighted by atomic mass is 9.92. The zero-order chi connectivity index (χ0) is 19.1. The predicted molar refractivity (Wildman–Crippen MR) is 102 cm³/mol. The van der Waals surface area contributed by atoms with E-state index in [-0.39, 0.29) is 6.04 Å². The normalized spacial score (nSPS) is 30.3. The van der Waals surface area contributed by atoms with Crippen molar-refractivity contribution in [3.63, 3.8) is 0 Å². The van der Waals surface area contributed by atoms with Crippen LogP contribution in [-0.4, -0.2) is 42.1 Å². The molecule has 8 heteroatoms. The molecule has 3 aliphatic rings. The summed E-state index contributed by atoms with van der Waals surface area (Å²) in [7, 11) is 1.52. The van der Waals surface area contributed by atoms with Gasteiger partial charge in [0, 0.05) is 16.7 Å². The zero-order valence-electron chi connectivity index (χ0n) is 14.9. The van der Waals surface area contributed by atoms with Crippen LogP contribution in [0.5, 0.6) is 5.75 Å². The van der Waals surface area contributed by atoms with Crippen LogP contribution in [0.4, 0.5) is 10.5 Å². The van der Waals surface area contributed by atoms with Gasteiger partial charge in [0.25, 0.3) is 0 Å². The second kappa shape index (κ2) is 7.07. The summed E-state index contributed by atoms with van der Waals surface area (Å²) in [6.07, 6.45) is 5.39. The topological polar surface area (TPSA) is 88.1 Å². The molecule has 0 spiro atoms. The van der Waals surface area contributed by atoms with Crippen LogP contribution < -0.4 is 10.1 Å². The summed E-state index contributed by atoms with van der Waals surface area (Å²) in [6.45, 7) is 0. The summed E-state index contributed by atoms with van der Waals surface area (Å²) in [4.78, 5) is 43.1. The van der Waals surface area contributed by atoms with E-state index in [1.165, 1.54) is 18.2 Å². The van der Waals surface area contributed by atoms with Gasteiger partial charge in [-0.25, -0.2) is 4.79 Å². The fourth-order valence-electron chi connectivity index (χ4n) is 4.50. The molecule has 4 amide bonds. The number of barbiturate groups is 1. The summed E-state index contributed by atoms with van der Waals surface area (Å²) in [5.41, 5.74) is 0.496. The number of amides is 4. The summed E-state index contributed by atoms with van der Waals surface area (Å²) in [6, 6.07) is 4.57. The summed E-state index contributed by atoms with van der Waals surface area (Å²) < 4.78 is 6.06. The number of fused-ring (bicyclic) bond motifs is 2. The summed E-state index contributed by atoms with van der Waals surface area (Å²) in [5.74, 6) is -0.789. The first kappa shape index (κ1) is 18.2. The molecule has 27 heavy (non-hydrogen) atoms. The molecule has 4 rings (SSSR count). The molecule has 1 aromatic rings. The second-order valence-electron chi connectivity index (χ2n) is 7.32. The van der Waals surface area contributed by atoms with Gasteiger partial charge in [0.05, 0.1) is 7.11 Å². The van der Waals surface area contributed by atoms with Gasteiger partial charge in [-0.1, -0.05) is 22.4 Å². The van der Waals surface area contributed by atoms with Crippen molar-refractivity contribution in [2.45, 2.75) is 31.7 Å². The first-order valence-corrected chi connectivity index (χ1v) is 9.83. The Labute approximate surface area is 165 Å². The van der Waals surface area contributed by atoms with Crippen molar-refractivity contribution >= 4 is 45.7 Å². The molecule has 1 aromatic carbocycles. The number of nitrogens with zero attached hydrogens (tertiary/aromatic N) is 2. The van der Waals surface area contributed by atoms with Gasteiger partial charge in [0.1, 0.15) is 11.4 Å². The summed E-state index contributed by atoms with van der Waals surface area (Å²) >= 11 is 3.37. The zero-order valence-corrected chi connectivity index (χ0v) is 16.4. The van der Waals surface area contributed by atoms with E-state index in [0.29, 0.717) is 23.3 Å². The van der Waals surface area contributed by atoms with Crippen LogP contribution in [0.25, 0.3) is 0 Å². The predicted octanol–water partition coefficient (Wildman–Crippen LogP) is 3.04. The average Bonchev–Trinajstić information content (AvgIpc) is 3.25. The number of carbonyl (C=O) groups is 3. The van der Waals surface area contributed by atoms with Gasteiger partial charge in [-0.2, -0.15) is 0 Å². The van der Waals surface area contributed by atoms with E-state index < -0.39 is 23.8 Å². The molecule has 0 radical (unpaired) electrons. The fourth-order valence-corrected chi connectivity index (χ4v) is 4.85. The van der Waals surface area contributed by atoms with Crippen molar-refractivity contribution < 1.29 is 19.1 Å². The standard InChI is InChI=1S/C19H20BrN3O4/c1-27-16-5-4-12(20)8-14(16)21-9-13-17(24)22-19(26)23(18(13)25)15-7-10-2-3-11(15)6-10/h4-5,8-11,13,15H,2-3,6-7H2,1H3,(H,22,24,26)/t10-,11-,13+,15+/m0/s1. The fraction of sp³-hybridized carbons (Fsp3) is 0.474. The molecule has 1 heterocycles. The molecule has 1 N–H and O–H groups in total. The third-order valence-corrected chi connectivity index (χ3v) is 6.26. The number of benzene rings is 1. The first-order valence-electron chi connectivity index (χ1n) is 9.03. The van der Waals surface area contributed by atoms with Gasteiger partial charge in [0.15, 0.2) is 5.92 Å². The van der Waals surface area contributed by atoms with Crippen LogP contribution in [0.15, 0.2) is 27.7 Å². The van der Waals surface area contributed by atoms with Gasteiger partial charge in [0.2, 0.25) is 11.8 Å². The number of hydrogen-bond donors (Lipinski definition) is 1. The van der Waals surface area contributed by atoms with Gasteiger partial charge in [-0.3, -0.25) is 24.8 Å². The van der Waals surface area contributed by atoms with E-state index in [0.717, 1.165) is 30.2 Å². The van der Waals surface area contributed by atoms with Crippen molar-refractivity contribution in [2.75, 3.05) is 7.11 Å². The number of urea groups is 1. The maximum Gasteiger partial charge on any atom is 0.331 e. The smallest absolute Gasteiger partial charge is 0.331 e. The molecule has 2 aliphatic carbocycles. The van der Waals surface area contributed by atoms with Crippen LogP contribution in [0.2, 0.25) is 0 Å².